The summed E-state index contributed by atoms with van der Waals surface area (Å²) in [5, 5.41) is 0. The molecule has 1 fully saturated rings. The third-order valence-electron chi connectivity index (χ3n) is 4.59. The van der Waals surface area contributed by atoms with Crippen molar-refractivity contribution in [2.45, 2.75) is 18.9 Å². The normalized spacial score (nSPS) is 17.1. The lowest BCUT2D eigenvalue weighted by Gasteiger charge is -2.33. The van der Waals surface area contributed by atoms with Crippen LogP contribution in [0.5, 0.6) is 0 Å². The average molecular weight is 451 g/mol. The Balaban J connectivity index is 1.60. The van der Waals surface area contributed by atoms with Crippen molar-refractivity contribution < 1.29 is 45.0 Å². The zero-order valence-corrected chi connectivity index (χ0v) is 15.8. The van der Waals surface area contributed by atoms with Gasteiger partial charge in [0.1, 0.15) is 0 Å². The molecule has 2 aromatic carbocycles. The Morgan fingerprint density at radius 3 is 2.55 bits per heavy atom. The largest absolute Gasteiger partial charge is 0.416 e. The zero-order chi connectivity index (χ0) is 22.8. The fourth-order valence-electron chi connectivity index (χ4n) is 3.05. The number of carbonyl (C=O) groups is 1. The molecule has 1 saturated heterocycles. The van der Waals surface area contributed by atoms with Crippen LogP contribution < -0.4 is 0 Å². The lowest BCUT2D eigenvalue weighted by atomic mass is 10.1. The van der Waals surface area contributed by atoms with Crippen molar-refractivity contribution >= 4 is 5.91 Å². The molecule has 2 aromatic rings. The summed E-state index contributed by atoms with van der Waals surface area (Å²) in [7, 11) is 0. The van der Waals surface area contributed by atoms with Crippen molar-refractivity contribution in [3.8, 4) is 0 Å². The van der Waals surface area contributed by atoms with E-state index in [4.69, 9.17) is 9.47 Å². The molecule has 1 amide bonds. The molecule has 0 spiro atoms. The minimum Gasteiger partial charge on any atom is -0.374 e. The third kappa shape index (κ3) is 5.34. The second-order valence-corrected chi connectivity index (χ2v) is 6.81. The summed E-state index contributed by atoms with van der Waals surface area (Å²) in [4.78, 5) is 13.5. The van der Waals surface area contributed by atoms with E-state index in [1.54, 1.807) is 0 Å². The van der Waals surface area contributed by atoms with Crippen molar-refractivity contribution in [2.24, 2.45) is 0 Å². The van der Waals surface area contributed by atoms with Crippen LogP contribution in [-0.4, -0.2) is 43.2 Å². The van der Waals surface area contributed by atoms with E-state index in [-0.39, 0.29) is 44.5 Å². The highest BCUT2D eigenvalue weighted by atomic mass is 19.4. The molecule has 168 valence electrons. The molecular formula is C20H16F7NO3. The van der Waals surface area contributed by atoms with E-state index < -0.39 is 52.6 Å². The van der Waals surface area contributed by atoms with E-state index in [0.717, 1.165) is 17.0 Å². The summed E-state index contributed by atoms with van der Waals surface area (Å²) in [6, 6.07) is 4.85. The summed E-state index contributed by atoms with van der Waals surface area (Å²) in [5.41, 5.74) is -1.50. The van der Waals surface area contributed by atoms with Crippen LogP contribution in [-0.2, 0) is 22.3 Å². The van der Waals surface area contributed by atoms with Crippen molar-refractivity contribution in [1.82, 2.24) is 4.90 Å². The second-order valence-electron chi connectivity index (χ2n) is 6.81. The number of hydrogen-bond acceptors (Lipinski definition) is 3. The molecule has 1 unspecified atom stereocenters. The average Bonchev–Trinajstić information content (AvgIpc) is 2.74. The highest BCUT2D eigenvalue weighted by Crippen LogP contribution is 2.29. The Morgan fingerprint density at radius 2 is 1.84 bits per heavy atom. The first-order valence-electron chi connectivity index (χ1n) is 9.05. The van der Waals surface area contributed by atoms with E-state index in [1.165, 1.54) is 12.1 Å². The maximum absolute atomic E-state index is 13.9. The van der Waals surface area contributed by atoms with Crippen molar-refractivity contribution in [3.05, 3.63) is 70.3 Å². The van der Waals surface area contributed by atoms with E-state index in [9.17, 15) is 35.5 Å². The monoisotopic (exact) mass is 451 g/mol. The van der Waals surface area contributed by atoms with Gasteiger partial charge in [0, 0.05) is 13.1 Å². The van der Waals surface area contributed by atoms with E-state index in [0.29, 0.717) is 0 Å². The molecule has 31 heavy (non-hydrogen) atoms. The van der Waals surface area contributed by atoms with Crippen molar-refractivity contribution in [3.63, 3.8) is 0 Å². The molecule has 3 rings (SSSR count). The van der Waals surface area contributed by atoms with E-state index in [2.05, 4.69) is 0 Å². The molecule has 1 atom stereocenters. The van der Waals surface area contributed by atoms with Gasteiger partial charge in [-0.2, -0.15) is 13.2 Å². The van der Waals surface area contributed by atoms with Gasteiger partial charge in [-0.15, -0.1) is 0 Å². The molecule has 0 bridgehead atoms. The van der Waals surface area contributed by atoms with Crippen molar-refractivity contribution in [1.29, 1.82) is 0 Å². The molecule has 4 nitrogen and oxygen atoms in total. The van der Waals surface area contributed by atoms with Gasteiger partial charge in [0.25, 0.3) is 5.91 Å². The van der Waals surface area contributed by atoms with Crippen LogP contribution in [0.4, 0.5) is 30.7 Å². The maximum atomic E-state index is 13.9. The van der Waals surface area contributed by atoms with Crippen LogP contribution in [0.2, 0.25) is 0 Å². The smallest absolute Gasteiger partial charge is 0.374 e. The summed E-state index contributed by atoms with van der Waals surface area (Å²) in [6.45, 7) is -0.378. The molecule has 1 heterocycles. The summed E-state index contributed by atoms with van der Waals surface area (Å²) < 4.78 is 103. The number of nitrogens with zero attached hydrogens (tertiary/aromatic N) is 1. The lowest BCUT2D eigenvalue weighted by Crippen LogP contribution is -2.47. The molecular weight excluding hydrogens is 435 g/mol. The third-order valence-corrected chi connectivity index (χ3v) is 4.59. The van der Waals surface area contributed by atoms with E-state index in [1.807, 2.05) is 0 Å². The number of hydrogen-bond donors (Lipinski definition) is 0. The van der Waals surface area contributed by atoms with Gasteiger partial charge >= 0.3 is 6.18 Å². The van der Waals surface area contributed by atoms with Crippen molar-refractivity contribution in [2.75, 3.05) is 26.3 Å². The van der Waals surface area contributed by atoms with Crippen LogP contribution in [0.3, 0.4) is 0 Å². The number of rotatable bonds is 5. The zero-order valence-electron chi connectivity index (χ0n) is 15.8. The number of alkyl halides is 3. The number of amides is 1. The molecule has 0 aliphatic carbocycles. The van der Waals surface area contributed by atoms with Gasteiger partial charge in [0.15, 0.2) is 23.3 Å². The predicted molar refractivity (Wildman–Crippen MR) is 93.0 cm³/mol. The van der Waals surface area contributed by atoms with Gasteiger partial charge in [0.2, 0.25) is 0 Å². The standard InChI is InChI=1S/C20H16F7NO3/c21-15-7-14(16(22)18(24)17(15)23)19(29)28-4-5-31-13(8-28)10-30-9-11-2-1-3-12(6-11)20(25,26)27/h1-3,6-7,13H,4-5,8-10H2. The molecule has 11 heteroatoms. The first-order chi connectivity index (χ1) is 14.6. The van der Waals surface area contributed by atoms with Gasteiger partial charge in [-0.05, 0) is 23.8 Å². The van der Waals surface area contributed by atoms with Gasteiger partial charge in [-0.1, -0.05) is 12.1 Å². The lowest BCUT2D eigenvalue weighted by molar-refractivity contribution is -0.137. The van der Waals surface area contributed by atoms with Crippen LogP contribution in [0.1, 0.15) is 21.5 Å². The molecule has 0 N–H and O–H groups in total. The van der Waals surface area contributed by atoms with Crippen LogP contribution in [0, 0.1) is 23.3 Å². The Labute approximate surface area is 172 Å². The highest BCUT2D eigenvalue weighted by molar-refractivity contribution is 5.94. The van der Waals surface area contributed by atoms with Gasteiger partial charge in [-0.3, -0.25) is 4.79 Å². The number of ether oxygens (including phenoxy) is 2. The van der Waals surface area contributed by atoms with E-state index >= 15 is 0 Å². The number of carbonyl (C=O) groups excluding carboxylic acids is 1. The highest BCUT2D eigenvalue weighted by Gasteiger charge is 2.31. The summed E-state index contributed by atoms with van der Waals surface area (Å²) >= 11 is 0. The Hall–Kier alpha value is -2.66. The van der Waals surface area contributed by atoms with Crippen LogP contribution in [0.15, 0.2) is 30.3 Å². The summed E-state index contributed by atoms with van der Waals surface area (Å²) in [6.07, 6.45) is -5.19. The Bertz CT molecular complexity index is 965. The molecule has 1 aliphatic rings. The van der Waals surface area contributed by atoms with Crippen LogP contribution >= 0.6 is 0 Å². The molecule has 0 saturated carbocycles. The first-order valence-corrected chi connectivity index (χ1v) is 9.05. The first kappa shape index (κ1) is 23.0. The minimum atomic E-state index is -4.49. The van der Waals surface area contributed by atoms with Gasteiger partial charge in [-0.25, -0.2) is 17.6 Å². The maximum Gasteiger partial charge on any atom is 0.416 e. The molecule has 1 aliphatic heterocycles. The summed E-state index contributed by atoms with van der Waals surface area (Å²) in [5.74, 6) is -8.65. The Morgan fingerprint density at radius 1 is 1.10 bits per heavy atom. The predicted octanol–water partition coefficient (Wildman–Crippen LogP) is 4.32. The van der Waals surface area contributed by atoms with Gasteiger partial charge < -0.3 is 14.4 Å². The van der Waals surface area contributed by atoms with Crippen LogP contribution in [0.25, 0.3) is 0 Å². The number of halogens is 7. The second kappa shape index (κ2) is 9.23. The number of benzene rings is 2. The quantitative estimate of drug-likeness (QED) is 0.386. The Kier molecular flexibility index (Phi) is 6.85. The molecule has 0 aromatic heterocycles. The topological polar surface area (TPSA) is 38.8 Å². The minimum absolute atomic E-state index is 0.0109. The SMILES string of the molecule is O=C(c1cc(F)c(F)c(F)c1F)N1CCOC(COCc2cccc(C(F)(F)F)c2)C1. The fourth-order valence-corrected chi connectivity index (χ4v) is 3.05. The molecule has 0 radical (unpaired) electrons. The fraction of sp³-hybridized carbons (Fsp3) is 0.350. The number of morpholine rings is 1. The van der Waals surface area contributed by atoms with Gasteiger partial charge in [0.05, 0.1) is 37.1 Å².